The Morgan fingerprint density at radius 1 is 0.815 bits per heavy atom. The molecule has 0 unspecified atom stereocenters. The molecule has 0 amide bonds. The zero-order valence-electron chi connectivity index (χ0n) is 16.5. The summed E-state index contributed by atoms with van der Waals surface area (Å²) in [6, 6.07) is 4.56. The molecular weight excluding hydrogens is 390 g/mol. The number of hydrogen-bond acceptors (Lipinski definition) is 5. The van der Waals surface area contributed by atoms with Gasteiger partial charge in [-0.25, -0.2) is 9.97 Å². The first kappa shape index (κ1) is 18.6. The van der Waals surface area contributed by atoms with Crippen LogP contribution in [0.15, 0.2) is 18.5 Å². The van der Waals surface area contributed by atoms with Crippen LogP contribution >= 0.6 is 34.0 Å². The zero-order valence-corrected chi connectivity index (χ0v) is 19.0. The Bertz CT molecular complexity index is 1100. The number of rotatable bonds is 4. The Balaban J connectivity index is 1.89. The maximum Gasteiger partial charge on any atom is 0.113 e. The molecule has 3 nitrogen and oxygen atoms in total. The summed E-state index contributed by atoms with van der Waals surface area (Å²) in [6.45, 7) is 13.7. The molecule has 6 heteroatoms. The molecule has 0 atom stereocenters. The molecule has 4 aromatic rings. The van der Waals surface area contributed by atoms with Gasteiger partial charge in [-0.15, -0.1) is 34.0 Å². The fourth-order valence-corrected chi connectivity index (χ4v) is 6.25. The third-order valence-corrected chi connectivity index (χ3v) is 7.80. The molecule has 4 aromatic heterocycles. The van der Waals surface area contributed by atoms with Crippen molar-refractivity contribution in [3.05, 3.63) is 53.5 Å². The highest BCUT2D eigenvalue weighted by molar-refractivity contribution is 7.12. The van der Waals surface area contributed by atoms with Crippen molar-refractivity contribution in [1.29, 1.82) is 0 Å². The van der Waals surface area contributed by atoms with Crippen molar-refractivity contribution >= 4 is 34.0 Å². The summed E-state index contributed by atoms with van der Waals surface area (Å²) in [7, 11) is 0. The van der Waals surface area contributed by atoms with E-state index in [-0.39, 0.29) is 0 Å². The predicted octanol–water partition coefficient (Wildman–Crippen LogP) is 6.70. The standard InChI is InChI=1S/C21H23N3S3/c1-11-7-17(15(5)25-11)20-21(18-8-12(2)26-16(18)6)24(10-22-20)9-19-23-13(3)14(4)27-19/h7-8,10H,9H2,1-6H3. The van der Waals surface area contributed by atoms with Crippen LogP contribution in [0.5, 0.6) is 0 Å². The van der Waals surface area contributed by atoms with Crippen molar-refractivity contribution in [2.24, 2.45) is 0 Å². The maximum absolute atomic E-state index is 4.86. The Labute approximate surface area is 172 Å². The van der Waals surface area contributed by atoms with Crippen LogP contribution in [-0.2, 0) is 6.54 Å². The highest BCUT2D eigenvalue weighted by Crippen LogP contribution is 2.40. The molecule has 0 spiro atoms. The number of hydrogen-bond donors (Lipinski definition) is 0. The van der Waals surface area contributed by atoms with Crippen LogP contribution < -0.4 is 0 Å². The number of thiazole rings is 1. The highest BCUT2D eigenvalue weighted by Gasteiger charge is 2.21. The van der Waals surface area contributed by atoms with Crippen LogP contribution in [0.4, 0.5) is 0 Å². The lowest BCUT2D eigenvalue weighted by Gasteiger charge is -2.09. The molecule has 4 rings (SSSR count). The minimum atomic E-state index is 0.762. The first-order valence-electron chi connectivity index (χ1n) is 8.96. The average molecular weight is 414 g/mol. The minimum Gasteiger partial charge on any atom is -0.323 e. The third kappa shape index (κ3) is 3.42. The number of aromatic nitrogens is 3. The van der Waals surface area contributed by atoms with Crippen LogP contribution in [0.3, 0.4) is 0 Å². The van der Waals surface area contributed by atoms with Gasteiger partial charge in [0.25, 0.3) is 0 Å². The normalized spacial score (nSPS) is 11.5. The van der Waals surface area contributed by atoms with E-state index in [1.54, 1.807) is 11.3 Å². The van der Waals surface area contributed by atoms with Crippen molar-refractivity contribution in [2.45, 2.75) is 48.1 Å². The molecule has 0 bridgehead atoms. The van der Waals surface area contributed by atoms with E-state index >= 15 is 0 Å². The highest BCUT2D eigenvalue weighted by atomic mass is 32.1. The number of imidazole rings is 1. The molecular formula is C21H23N3S3. The molecule has 0 aliphatic heterocycles. The fourth-order valence-electron chi connectivity index (χ4n) is 3.47. The SMILES string of the molecule is Cc1cc(-c2ncn(Cc3nc(C)c(C)s3)c2-c2cc(C)sc2C)c(C)s1. The van der Waals surface area contributed by atoms with Gasteiger partial charge in [0.1, 0.15) is 5.01 Å². The molecule has 4 heterocycles. The lowest BCUT2D eigenvalue weighted by atomic mass is 10.1. The van der Waals surface area contributed by atoms with E-state index in [2.05, 4.69) is 58.2 Å². The Hall–Kier alpha value is -1.76. The minimum absolute atomic E-state index is 0.762. The lowest BCUT2D eigenvalue weighted by molar-refractivity contribution is 0.795. The van der Waals surface area contributed by atoms with E-state index in [0.717, 1.165) is 22.9 Å². The van der Waals surface area contributed by atoms with Crippen LogP contribution in [0.1, 0.15) is 35.1 Å². The second kappa shape index (κ2) is 7.00. The zero-order chi connectivity index (χ0) is 19.3. The summed E-state index contributed by atoms with van der Waals surface area (Å²) >= 11 is 5.47. The van der Waals surface area contributed by atoms with Gasteiger partial charge in [0.2, 0.25) is 0 Å². The van der Waals surface area contributed by atoms with Gasteiger partial charge in [-0.3, -0.25) is 0 Å². The molecule has 0 saturated heterocycles. The lowest BCUT2D eigenvalue weighted by Crippen LogP contribution is -2.01. The molecule has 0 aliphatic rings. The topological polar surface area (TPSA) is 30.7 Å². The maximum atomic E-state index is 4.86. The van der Waals surface area contributed by atoms with Crippen LogP contribution in [0.25, 0.3) is 22.5 Å². The van der Waals surface area contributed by atoms with Gasteiger partial charge in [-0.2, -0.15) is 0 Å². The Kier molecular flexibility index (Phi) is 4.82. The van der Waals surface area contributed by atoms with E-state index in [1.807, 2.05) is 29.0 Å². The van der Waals surface area contributed by atoms with E-state index in [1.165, 1.54) is 41.2 Å². The largest absolute Gasteiger partial charge is 0.323 e. The van der Waals surface area contributed by atoms with Gasteiger partial charge in [0, 0.05) is 35.5 Å². The summed E-state index contributed by atoms with van der Waals surface area (Å²) in [5.74, 6) is 0. The Morgan fingerprint density at radius 2 is 1.44 bits per heavy atom. The fraction of sp³-hybridized carbons (Fsp3) is 0.333. The van der Waals surface area contributed by atoms with Crippen LogP contribution in [-0.4, -0.2) is 14.5 Å². The molecule has 0 aliphatic carbocycles. The van der Waals surface area contributed by atoms with E-state index in [9.17, 15) is 0 Å². The molecule has 0 N–H and O–H groups in total. The summed E-state index contributed by atoms with van der Waals surface area (Å²) < 4.78 is 2.27. The van der Waals surface area contributed by atoms with Gasteiger partial charge in [0.05, 0.1) is 30.0 Å². The first-order chi connectivity index (χ1) is 12.8. The quantitative estimate of drug-likeness (QED) is 0.373. The van der Waals surface area contributed by atoms with Gasteiger partial charge < -0.3 is 4.57 Å². The van der Waals surface area contributed by atoms with E-state index in [0.29, 0.717) is 0 Å². The molecule has 27 heavy (non-hydrogen) atoms. The van der Waals surface area contributed by atoms with Crippen molar-refractivity contribution < 1.29 is 0 Å². The molecule has 0 fully saturated rings. The van der Waals surface area contributed by atoms with Gasteiger partial charge in [-0.05, 0) is 53.7 Å². The summed E-state index contributed by atoms with van der Waals surface area (Å²) in [5.41, 5.74) is 5.97. The smallest absolute Gasteiger partial charge is 0.113 e. The summed E-state index contributed by atoms with van der Waals surface area (Å²) in [6.07, 6.45) is 1.98. The summed E-state index contributed by atoms with van der Waals surface area (Å²) in [5, 5.41) is 1.14. The summed E-state index contributed by atoms with van der Waals surface area (Å²) in [4.78, 5) is 16.2. The third-order valence-electron chi connectivity index (χ3n) is 4.81. The van der Waals surface area contributed by atoms with Gasteiger partial charge in [0.15, 0.2) is 0 Å². The molecule has 0 saturated carbocycles. The van der Waals surface area contributed by atoms with Crippen molar-refractivity contribution in [2.75, 3.05) is 0 Å². The number of aryl methyl sites for hydroxylation is 6. The van der Waals surface area contributed by atoms with Crippen molar-refractivity contribution in [3.8, 4) is 22.5 Å². The molecule has 0 radical (unpaired) electrons. The predicted molar refractivity (Wildman–Crippen MR) is 118 cm³/mol. The van der Waals surface area contributed by atoms with Gasteiger partial charge >= 0.3 is 0 Å². The van der Waals surface area contributed by atoms with Gasteiger partial charge in [-0.1, -0.05) is 0 Å². The van der Waals surface area contributed by atoms with Crippen molar-refractivity contribution in [3.63, 3.8) is 0 Å². The number of thiophene rings is 2. The second-order valence-corrected chi connectivity index (χ2v) is 11.2. The molecule has 140 valence electrons. The van der Waals surface area contributed by atoms with E-state index < -0.39 is 0 Å². The van der Waals surface area contributed by atoms with E-state index in [4.69, 9.17) is 9.97 Å². The average Bonchev–Trinajstić information content (AvgIpc) is 3.30. The second-order valence-electron chi connectivity index (χ2n) is 6.97. The molecule has 0 aromatic carbocycles. The van der Waals surface area contributed by atoms with Crippen LogP contribution in [0.2, 0.25) is 0 Å². The number of nitrogens with zero attached hydrogens (tertiary/aromatic N) is 3. The Morgan fingerprint density at radius 3 is 1.96 bits per heavy atom. The van der Waals surface area contributed by atoms with Crippen LogP contribution in [0, 0.1) is 41.5 Å². The first-order valence-corrected chi connectivity index (χ1v) is 11.4. The monoisotopic (exact) mass is 413 g/mol. The van der Waals surface area contributed by atoms with Crippen molar-refractivity contribution in [1.82, 2.24) is 14.5 Å².